The minimum atomic E-state index is -1.21. The van der Waals surface area contributed by atoms with Crippen LogP contribution in [-0.2, 0) is 21.6 Å². The van der Waals surface area contributed by atoms with E-state index < -0.39 is 21.6 Å². The summed E-state index contributed by atoms with van der Waals surface area (Å²) in [6.07, 6.45) is 5.28. The summed E-state index contributed by atoms with van der Waals surface area (Å²) in [7, 11) is -2.40. The fraction of sp³-hybridized carbons (Fsp3) is 0.0690. The number of benzene rings is 4. The lowest BCUT2D eigenvalue weighted by atomic mass is 10.2. The van der Waals surface area contributed by atoms with E-state index >= 15 is 0 Å². The molecular formula is C29H26N2O2S2. The second kappa shape index (κ2) is 11.7. The predicted octanol–water partition coefficient (Wildman–Crippen LogP) is 6.96. The highest BCUT2D eigenvalue weighted by Crippen LogP contribution is 2.21. The summed E-state index contributed by atoms with van der Waals surface area (Å²) >= 11 is 0. The van der Waals surface area contributed by atoms with Gasteiger partial charge < -0.3 is 5.32 Å². The molecule has 4 aromatic rings. The van der Waals surface area contributed by atoms with E-state index in [1.807, 2.05) is 111 Å². The second-order valence-electron chi connectivity index (χ2n) is 7.96. The van der Waals surface area contributed by atoms with Gasteiger partial charge in [-0.15, -0.1) is 0 Å². The summed E-state index contributed by atoms with van der Waals surface area (Å²) in [5.74, 6) is 0. The first-order valence-corrected chi connectivity index (χ1v) is 13.4. The van der Waals surface area contributed by atoms with Crippen LogP contribution >= 0.6 is 0 Å². The highest BCUT2D eigenvalue weighted by Gasteiger charge is 2.07. The van der Waals surface area contributed by atoms with E-state index in [0.29, 0.717) is 0 Å². The number of nitrogens with one attached hydrogen (secondary N) is 1. The summed E-state index contributed by atoms with van der Waals surface area (Å²) < 4.78 is 25.4. The number of aryl methyl sites for hydroxylation is 2. The van der Waals surface area contributed by atoms with Crippen LogP contribution in [0.15, 0.2) is 134 Å². The molecule has 4 aromatic carbocycles. The highest BCUT2D eigenvalue weighted by molar-refractivity contribution is 7.85. The van der Waals surface area contributed by atoms with Crippen LogP contribution in [0.1, 0.15) is 11.1 Å². The number of aliphatic imine (C=N–C) groups is 1. The van der Waals surface area contributed by atoms with Crippen LogP contribution in [0.5, 0.6) is 0 Å². The molecule has 4 rings (SSSR count). The van der Waals surface area contributed by atoms with Crippen LogP contribution in [0.25, 0.3) is 0 Å². The van der Waals surface area contributed by atoms with Gasteiger partial charge in [-0.3, -0.25) is 4.99 Å². The largest absolute Gasteiger partial charge is 0.362 e. The summed E-state index contributed by atoms with van der Waals surface area (Å²) in [4.78, 5) is 7.50. The quantitative estimate of drug-likeness (QED) is 0.267. The van der Waals surface area contributed by atoms with Crippen molar-refractivity contribution in [1.29, 1.82) is 0 Å². The lowest BCUT2D eigenvalue weighted by molar-refractivity contribution is 0.682. The molecule has 0 unspecified atom stereocenters. The third-order valence-electron chi connectivity index (χ3n) is 5.25. The van der Waals surface area contributed by atoms with E-state index in [1.54, 1.807) is 18.5 Å². The molecular weight excluding hydrogens is 472 g/mol. The molecule has 35 heavy (non-hydrogen) atoms. The van der Waals surface area contributed by atoms with E-state index in [2.05, 4.69) is 10.3 Å². The molecule has 0 bridgehead atoms. The second-order valence-corrected chi connectivity index (χ2v) is 10.9. The molecule has 2 atom stereocenters. The summed E-state index contributed by atoms with van der Waals surface area (Å²) in [5, 5.41) is 3.18. The Morgan fingerprint density at radius 2 is 1.00 bits per heavy atom. The predicted molar refractivity (Wildman–Crippen MR) is 146 cm³/mol. The Morgan fingerprint density at radius 1 is 0.600 bits per heavy atom. The number of hydrogen-bond acceptors (Lipinski definition) is 4. The molecule has 0 aliphatic heterocycles. The third-order valence-corrected chi connectivity index (χ3v) is 8.05. The van der Waals surface area contributed by atoms with E-state index in [0.717, 1.165) is 42.1 Å². The smallest absolute Gasteiger partial charge is 0.0849 e. The first kappa shape index (κ1) is 24.5. The SMILES string of the molecule is Cc1ccc([S@@](=O)c2ccc(N=C/C=C\Nc3ccc([S@](=O)c4ccc(C)cc4)cc3)cc2)cc1. The van der Waals surface area contributed by atoms with Gasteiger partial charge in [-0.05, 0) is 92.7 Å². The molecule has 0 radical (unpaired) electrons. The van der Waals surface area contributed by atoms with E-state index in [-0.39, 0.29) is 0 Å². The van der Waals surface area contributed by atoms with Crippen molar-refractivity contribution >= 4 is 39.2 Å². The fourth-order valence-electron chi connectivity index (χ4n) is 3.24. The van der Waals surface area contributed by atoms with Crippen LogP contribution in [0.4, 0.5) is 11.4 Å². The number of hydrogen-bond donors (Lipinski definition) is 1. The van der Waals surface area contributed by atoms with Crippen molar-refractivity contribution in [2.24, 2.45) is 4.99 Å². The third kappa shape index (κ3) is 6.72. The van der Waals surface area contributed by atoms with Gasteiger partial charge in [-0.1, -0.05) is 35.4 Å². The molecule has 0 heterocycles. The zero-order valence-corrected chi connectivity index (χ0v) is 21.2. The molecule has 1 N–H and O–H groups in total. The zero-order valence-electron chi connectivity index (χ0n) is 19.5. The van der Waals surface area contributed by atoms with Crippen LogP contribution in [0, 0.1) is 13.8 Å². The lowest BCUT2D eigenvalue weighted by Gasteiger charge is -2.05. The first-order valence-electron chi connectivity index (χ1n) is 11.1. The average molecular weight is 499 g/mol. The van der Waals surface area contributed by atoms with Crippen molar-refractivity contribution in [2.45, 2.75) is 33.4 Å². The Kier molecular flexibility index (Phi) is 8.19. The van der Waals surface area contributed by atoms with Gasteiger partial charge in [-0.25, -0.2) is 8.42 Å². The number of rotatable bonds is 8. The molecule has 0 saturated heterocycles. The van der Waals surface area contributed by atoms with Crippen molar-refractivity contribution in [1.82, 2.24) is 0 Å². The first-order chi connectivity index (χ1) is 17.0. The fourth-order valence-corrected chi connectivity index (χ4v) is 5.32. The molecule has 0 fully saturated rings. The van der Waals surface area contributed by atoms with Crippen molar-refractivity contribution in [3.05, 3.63) is 120 Å². The topological polar surface area (TPSA) is 58.5 Å². The molecule has 176 valence electrons. The Bertz CT molecular complexity index is 1380. The van der Waals surface area contributed by atoms with Crippen molar-refractivity contribution in [3.8, 4) is 0 Å². The van der Waals surface area contributed by atoms with E-state index in [9.17, 15) is 8.42 Å². The van der Waals surface area contributed by atoms with Gasteiger partial charge in [0.05, 0.1) is 27.3 Å². The molecule has 0 aliphatic carbocycles. The minimum absolute atomic E-state index is 0.747. The van der Waals surface area contributed by atoms with Gasteiger partial charge in [0.25, 0.3) is 0 Å². The Balaban J connectivity index is 1.30. The van der Waals surface area contributed by atoms with Gasteiger partial charge in [0.2, 0.25) is 0 Å². The Hall–Kier alpha value is -3.61. The van der Waals surface area contributed by atoms with Gasteiger partial charge in [0.15, 0.2) is 0 Å². The Morgan fingerprint density at radius 3 is 1.46 bits per heavy atom. The van der Waals surface area contributed by atoms with Gasteiger partial charge in [0.1, 0.15) is 0 Å². The average Bonchev–Trinajstić information content (AvgIpc) is 2.89. The Labute approximate surface area is 211 Å². The highest BCUT2D eigenvalue weighted by atomic mass is 32.2. The molecule has 0 amide bonds. The van der Waals surface area contributed by atoms with Crippen LogP contribution in [0.3, 0.4) is 0 Å². The standard InChI is InChI=1S/C29H26N2O2S2/c1-22-4-12-26(13-5-22)34(32)28-16-8-24(9-17-28)30-20-3-21-31-25-10-18-29(19-11-25)35(33)27-14-6-23(2)7-15-27/h3-21,30H,1-2H3/b20-3-,31-21?/t34-,35-/m1/s1. The number of anilines is 1. The maximum atomic E-state index is 12.7. The van der Waals surface area contributed by atoms with Crippen LogP contribution in [0.2, 0.25) is 0 Å². The lowest BCUT2D eigenvalue weighted by Crippen LogP contribution is -1.94. The van der Waals surface area contributed by atoms with Crippen LogP contribution in [-0.4, -0.2) is 14.6 Å². The molecule has 0 aliphatic rings. The summed E-state index contributed by atoms with van der Waals surface area (Å²) in [6.45, 7) is 4.02. The maximum Gasteiger partial charge on any atom is 0.0849 e. The van der Waals surface area contributed by atoms with E-state index in [1.165, 1.54) is 0 Å². The monoisotopic (exact) mass is 498 g/mol. The normalized spacial score (nSPS) is 13.2. The van der Waals surface area contributed by atoms with Crippen molar-refractivity contribution in [2.75, 3.05) is 5.32 Å². The van der Waals surface area contributed by atoms with Gasteiger partial charge in [-0.2, -0.15) is 0 Å². The molecule has 0 aromatic heterocycles. The van der Waals surface area contributed by atoms with Crippen molar-refractivity contribution in [3.63, 3.8) is 0 Å². The van der Waals surface area contributed by atoms with Gasteiger partial charge in [0, 0.05) is 37.7 Å². The van der Waals surface area contributed by atoms with E-state index in [4.69, 9.17) is 0 Å². The number of allylic oxidation sites excluding steroid dienone is 1. The summed E-state index contributed by atoms with van der Waals surface area (Å²) in [5.41, 5.74) is 3.96. The molecule has 0 spiro atoms. The molecule has 4 nitrogen and oxygen atoms in total. The van der Waals surface area contributed by atoms with Crippen LogP contribution < -0.4 is 5.32 Å². The van der Waals surface area contributed by atoms with Gasteiger partial charge >= 0.3 is 0 Å². The van der Waals surface area contributed by atoms with Crippen molar-refractivity contribution < 1.29 is 8.42 Å². The molecule has 0 saturated carbocycles. The summed E-state index contributed by atoms with van der Waals surface area (Å²) in [6, 6.07) is 30.4. The molecule has 6 heteroatoms. The zero-order chi connectivity index (χ0) is 24.6. The number of nitrogens with zero attached hydrogens (tertiary/aromatic N) is 1. The minimum Gasteiger partial charge on any atom is -0.362 e. The maximum absolute atomic E-state index is 12.7.